The van der Waals surface area contributed by atoms with Crippen LogP contribution in [-0.4, -0.2) is 40.4 Å². The number of hydrogen-bond acceptors (Lipinski definition) is 5. The van der Waals surface area contributed by atoms with Gasteiger partial charge in [-0.05, 0) is 72.4 Å². The summed E-state index contributed by atoms with van der Waals surface area (Å²) >= 11 is 0. The predicted molar refractivity (Wildman–Crippen MR) is 118 cm³/mol. The highest BCUT2D eigenvalue weighted by Gasteiger charge is 2.21. The van der Waals surface area contributed by atoms with Gasteiger partial charge >= 0.3 is 5.97 Å². The third-order valence-electron chi connectivity index (χ3n) is 5.65. The van der Waals surface area contributed by atoms with Crippen molar-refractivity contribution in [3.63, 3.8) is 0 Å². The lowest BCUT2D eigenvalue weighted by molar-refractivity contribution is 0.0696. The summed E-state index contributed by atoms with van der Waals surface area (Å²) < 4.78 is 6.16. The minimum Gasteiger partial charge on any atom is -0.489 e. The topological polar surface area (TPSA) is 91.7 Å². The SMILES string of the molecule is Cc1cc(C(=O)O)ccc1-c1ccc2c(c1)CCC(CNC[C@H](O)c1cccnc1)O2. The van der Waals surface area contributed by atoms with Gasteiger partial charge in [0, 0.05) is 31.0 Å². The normalized spacial score (nSPS) is 16.3. The van der Waals surface area contributed by atoms with Crippen LogP contribution in [0.15, 0.2) is 60.9 Å². The summed E-state index contributed by atoms with van der Waals surface area (Å²) in [4.78, 5) is 15.2. The number of benzene rings is 2. The highest BCUT2D eigenvalue weighted by Crippen LogP contribution is 2.33. The van der Waals surface area contributed by atoms with Crippen molar-refractivity contribution >= 4 is 5.97 Å². The van der Waals surface area contributed by atoms with Crippen LogP contribution in [0.1, 0.15) is 39.6 Å². The van der Waals surface area contributed by atoms with Crippen molar-refractivity contribution < 1.29 is 19.7 Å². The van der Waals surface area contributed by atoms with Gasteiger partial charge < -0.3 is 20.3 Å². The van der Waals surface area contributed by atoms with Gasteiger partial charge in [0.05, 0.1) is 11.7 Å². The van der Waals surface area contributed by atoms with Crippen LogP contribution in [0.4, 0.5) is 0 Å². The standard InChI is InChI=1S/C25H26N2O4/c1-16-11-19(25(29)30)5-8-22(16)17-6-9-24-18(12-17)4-7-21(31-24)14-27-15-23(28)20-3-2-10-26-13-20/h2-3,5-6,8-13,21,23,27-28H,4,7,14-15H2,1H3,(H,29,30)/t21?,23-/m0/s1. The molecular formula is C25H26N2O4. The molecule has 6 nitrogen and oxygen atoms in total. The molecule has 160 valence electrons. The number of pyridine rings is 1. The molecule has 0 fully saturated rings. The number of nitrogens with zero attached hydrogens (tertiary/aromatic N) is 1. The van der Waals surface area contributed by atoms with Gasteiger partial charge in [0.1, 0.15) is 11.9 Å². The molecule has 1 aliphatic rings. The van der Waals surface area contributed by atoms with E-state index in [1.54, 1.807) is 24.5 Å². The summed E-state index contributed by atoms with van der Waals surface area (Å²) in [6.45, 7) is 3.04. The molecule has 3 aromatic rings. The van der Waals surface area contributed by atoms with E-state index < -0.39 is 12.1 Å². The van der Waals surface area contributed by atoms with E-state index in [1.807, 2.05) is 37.3 Å². The van der Waals surface area contributed by atoms with Crippen LogP contribution in [0.3, 0.4) is 0 Å². The molecule has 1 unspecified atom stereocenters. The fraction of sp³-hybridized carbons (Fsp3) is 0.280. The van der Waals surface area contributed by atoms with Gasteiger partial charge in [0.15, 0.2) is 0 Å². The van der Waals surface area contributed by atoms with Gasteiger partial charge in [0.25, 0.3) is 0 Å². The maximum atomic E-state index is 11.2. The number of aryl methyl sites for hydroxylation is 2. The summed E-state index contributed by atoms with van der Waals surface area (Å²) in [7, 11) is 0. The zero-order valence-corrected chi connectivity index (χ0v) is 17.4. The molecule has 0 aliphatic carbocycles. The molecule has 2 aromatic carbocycles. The molecule has 0 bridgehead atoms. The first-order valence-electron chi connectivity index (χ1n) is 10.4. The second kappa shape index (κ2) is 9.29. The van der Waals surface area contributed by atoms with Gasteiger partial charge in [-0.1, -0.05) is 18.2 Å². The molecular weight excluding hydrogens is 392 g/mol. The fourth-order valence-corrected chi connectivity index (χ4v) is 3.95. The average molecular weight is 418 g/mol. The number of carbonyl (C=O) groups is 1. The van der Waals surface area contributed by atoms with Crippen LogP contribution in [0, 0.1) is 6.92 Å². The monoisotopic (exact) mass is 418 g/mol. The molecule has 4 rings (SSSR count). The number of aromatic carboxylic acids is 1. The molecule has 0 spiro atoms. The lowest BCUT2D eigenvalue weighted by Gasteiger charge is -2.27. The van der Waals surface area contributed by atoms with Crippen molar-refractivity contribution in [2.24, 2.45) is 0 Å². The summed E-state index contributed by atoms with van der Waals surface area (Å²) in [5.74, 6) is -0.0319. The number of aromatic nitrogens is 1. The van der Waals surface area contributed by atoms with Crippen molar-refractivity contribution in [2.45, 2.75) is 32.0 Å². The molecule has 3 N–H and O–H groups in total. The summed E-state index contributed by atoms with van der Waals surface area (Å²) in [6.07, 6.45) is 4.62. The van der Waals surface area contributed by atoms with Crippen LogP contribution in [-0.2, 0) is 6.42 Å². The molecule has 0 saturated heterocycles. The molecule has 0 radical (unpaired) electrons. The van der Waals surface area contributed by atoms with E-state index >= 15 is 0 Å². The first kappa shape index (κ1) is 21.0. The van der Waals surface area contributed by atoms with Crippen LogP contribution in [0.25, 0.3) is 11.1 Å². The van der Waals surface area contributed by atoms with Crippen LogP contribution in [0.2, 0.25) is 0 Å². The lowest BCUT2D eigenvalue weighted by Crippen LogP contribution is -2.36. The highest BCUT2D eigenvalue weighted by atomic mass is 16.5. The Morgan fingerprint density at radius 3 is 2.87 bits per heavy atom. The summed E-state index contributed by atoms with van der Waals surface area (Å²) in [5, 5.41) is 22.7. The number of aliphatic hydroxyl groups excluding tert-OH is 1. The fourth-order valence-electron chi connectivity index (χ4n) is 3.95. The van der Waals surface area contributed by atoms with E-state index in [1.165, 1.54) is 0 Å². The van der Waals surface area contributed by atoms with Crippen LogP contribution in [0.5, 0.6) is 5.75 Å². The Morgan fingerprint density at radius 2 is 2.13 bits per heavy atom. The molecule has 0 amide bonds. The van der Waals surface area contributed by atoms with Crippen molar-refractivity contribution in [2.75, 3.05) is 13.1 Å². The smallest absolute Gasteiger partial charge is 0.335 e. The number of ether oxygens (including phenoxy) is 1. The van der Waals surface area contributed by atoms with Gasteiger partial charge in [-0.15, -0.1) is 0 Å². The van der Waals surface area contributed by atoms with E-state index in [0.717, 1.165) is 46.4 Å². The maximum Gasteiger partial charge on any atom is 0.335 e. The Bertz CT molecular complexity index is 1070. The van der Waals surface area contributed by atoms with Crippen molar-refractivity contribution in [3.8, 4) is 16.9 Å². The first-order valence-corrected chi connectivity index (χ1v) is 10.4. The number of carboxylic acid groups (broad SMARTS) is 1. The Labute approximate surface area is 181 Å². The Kier molecular flexibility index (Phi) is 6.30. The number of carboxylic acids is 1. The number of aliphatic hydroxyl groups is 1. The molecule has 1 aromatic heterocycles. The van der Waals surface area contributed by atoms with Crippen LogP contribution >= 0.6 is 0 Å². The maximum absolute atomic E-state index is 11.2. The van der Waals surface area contributed by atoms with Gasteiger partial charge in [-0.2, -0.15) is 0 Å². The average Bonchev–Trinajstić information content (AvgIpc) is 2.79. The van der Waals surface area contributed by atoms with Gasteiger partial charge in [-0.25, -0.2) is 4.79 Å². The summed E-state index contributed by atoms with van der Waals surface area (Å²) in [6, 6.07) is 15.0. The molecule has 6 heteroatoms. The number of rotatable bonds is 7. The second-order valence-corrected chi connectivity index (χ2v) is 7.90. The van der Waals surface area contributed by atoms with E-state index in [4.69, 9.17) is 9.84 Å². The minimum absolute atomic E-state index is 0.0519. The molecule has 2 atom stereocenters. The number of fused-ring (bicyclic) bond motifs is 1. The van der Waals surface area contributed by atoms with Crippen molar-refractivity contribution in [1.82, 2.24) is 10.3 Å². The predicted octanol–water partition coefficient (Wildman–Crippen LogP) is 3.77. The van der Waals surface area contributed by atoms with Crippen LogP contribution < -0.4 is 10.1 Å². The van der Waals surface area contributed by atoms with E-state index in [9.17, 15) is 9.90 Å². The van der Waals surface area contributed by atoms with Crippen molar-refractivity contribution in [1.29, 1.82) is 0 Å². The molecule has 0 saturated carbocycles. The van der Waals surface area contributed by atoms with Gasteiger partial charge in [-0.3, -0.25) is 4.98 Å². The molecule has 31 heavy (non-hydrogen) atoms. The second-order valence-electron chi connectivity index (χ2n) is 7.90. The zero-order chi connectivity index (χ0) is 21.8. The Hall–Kier alpha value is -3.22. The molecule has 2 heterocycles. The zero-order valence-electron chi connectivity index (χ0n) is 17.4. The number of hydrogen-bond donors (Lipinski definition) is 3. The minimum atomic E-state index is -0.916. The lowest BCUT2D eigenvalue weighted by atomic mass is 9.94. The Balaban J connectivity index is 1.37. The summed E-state index contributed by atoms with van der Waals surface area (Å²) in [5.41, 5.74) is 5.28. The van der Waals surface area contributed by atoms with Crippen molar-refractivity contribution in [3.05, 3.63) is 83.2 Å². The quantitative estimate of drug-likeness (QED) is 0.541. The first-order chi connectivity index (χ1) is 15.0. The Morgan fingerprint density at radius 1 is 1.26 bits per heavy atom. The third kappa shape index (κ3) is 4.93. The van der Waals surface area contributed by atoms with E-state index in [0.29, 0.717) is 18.7 Å². The third-order valence-corrected chi connectivity index (χ3v) is 5.65. The number of nitrogens with one attached hydrogen (secondary N) is 1. The highest BCUT2D eigenvalue weighted by molar-refractivity contribution is 5.89. The largest absolute Gasteiger partial charge is 0.489 e. The van der Waals surface area contributed by atoms with E-state index in [2.05, 4.69) is 16.4 Å². The van der Waals surface area contributed by atoms with E-state index in [-0.39, 0.29) is 6.10 Å². The molecule has 1 aliphatic heterocycles. The van der Waals surface area contributed by atoms with Gasteiger partial charge in [0.2, 0.25) is 0 Å².